The van der Waals surface area contributed by atoms with Gasteiger partial charge in [0, 0.05) is 17.9 Å². The molecule has 0 aromatic heterocycles. The summed E-state index contributed by atoms with van der Waals surface area (Å²) in [5.41, 5.74) is 1.65. The predicted molar refractivity (Wildman–Crippen MR) is 108 cm³/mol. The molecule has 0 heterocycles. The SMILES string of the molecule is CC(NC(=O)c1cc(S(C)(=O)=O)ccc1Cl)c1ccc(NC(=O)C2CC2)cc1. The number of halogens is 1. The van der Waals surface area contributed by atoms with E-state index in [9.17, 15) is 18.0 Å². The Bertz CT molecular complexity index is 1020. The molecule has 3 rings (SSSR count). The van der Waals surface area contributed by atoms with E-state index in [0.717, 1.165) is 24.7 Å². The highest BCUT2D eigenvalue weighted by Crippen LogP contribution is 2.30. The summed E-state index contributed by atoms with van der Waals surface area (Å²) in [7, 11) is -3.45. The minimum absolute atomic E-state index is 0.0328. The maximum atomic E-state index is 12.6. The summed E-state index contributed by atoms with van der Waals surface area (Å²) in [5.74, 6) is -0.297. The summed E-state index contributed by atoms with van der Waals surface area (Å²) in [6.45, 7) is 1.81. The number of anilines is 1. The zero-order valence-corrected chi connectivity index (χ0v) is 17.1. The van der Waals surface area contributed by atoms with Crippen molar-refractivity contribution in [2.45, 2.75) is 30.7 Å². The molecule has 1 atom stereocenters. The van der Waals surface area contributed by atoms with Crippen LogP contribution in [0.1, 0.15) is 41.7 Å². The summed E-state index contributed by atoms with van der Waals surface area (Å²) in [6, 6.07) is 10.9. The minimum atomic E-state index is -3.45. The third-order valence-electron chi connectivity index (χ3n) is 4.58. The lowest BCUT2D eigenvalue weighted by Gasteiger charge is -2.16. The quantitative estimate of drug-likeness (QED) is 0.747. The highest BCUT2D eigenvalue weighted by molar-refractivity contribution is 7.90. The molecule has 6 nitrogen and oxygen atoms in total. The number of nitrogens with one attached hydrogen (secondary N) is 2. The molecule has 28 heavy (non-hydrogen) atoms. The maximum Gasteiger partial charge on any atom is 0.253 e. The Morgan fingerprint density at radius 1 is 1.11 bits per heavy atom. The van der Waals surface area contributed by atoms with Gasteiger partial charge in [-0.15, -0.1) is 0 Å². The van der Waals surface area contributed by atoms with Gasteiger partial charge in [-0.2, -0.15) is 0 Å². The first-order chi connectivity index (χ1) is 13.1. The van der Waals surface area contributed by atoms with Crippen LogP contribution in [0, 0.1) is 5.92 Å². The van der Waals surface area contributed by atoms with Crippen LogP contribution in [0.5, 0.6) is 0 Å². The van der Waals surface area contributed by atoms with E-state index in [1.54, 1.807) is 12.1 Å². The number of carbonyl (C=O) groups is 2. The van der Waals surface area contributed by atoms with Gasteiger partial charge in [-0.3, -0.25) is 9.59 Å². The van der Waals surface area contributed by atoms with Gasteiger partial charge in [-0.1, -0.05) is 23.7 Å². The molecule has 2 aromatic carbocycles. The highest BCUT2D eigenvalue weighted by atomic mass is 35.5. The van der Waals surface area contributed by atoms with Crippen molar-refractivity contribution in [3.05, 3.63) is 58.6 Å². The lowest BCUT2D eigenvalue weighted by molar-refractivity contribution is -0.117. The highest BCUT2D eigenvalue weighted by Gasteiger charge is 2.29. The molecular weight excluding hydrogens is 400 g/mol. The Morgan fingerprint density at radius 2 is 1.75 bits per heavy atom. The van der Waals surface area contributed by atoms with Crippen LogP contribution in [-0.2, 0) is 14.6 Å². The lowest BCUT2D eigenvalue weighted by Crippen LogP contribution is -2.27. The van der Waals surface area contributed by atoms with Crippen molar-refractivity contribution < 1.29 is 18.0 Å². The number of amides is 2. The van der Waals surface area contributed by atoms with E-state index < -0.39 is 15.7 Å². The first kappa shape index (κ1) is 20.4. The first-order valence-corrected chi connectivity index (χ1v) is 11.1. The van der Waals surface area contributed by atoms with E-state index in [2.05, 4.69) is 10.6 Å². The van der Waals surface area contributed by atoms with Gasteiger partial charge >= 0.3 is 0 Å². The second-order valence-corrected chi connectivity index (χ2v) is 9.42. The van der Waals surface area contributed by atoms with E-state index in [1.807, 2.05) is 19.1 Å². The monoisotopic (exact) mass is 420 g/mol. The van der Waals surface area contributed by atoms with Gasteiger partial charge in [0.15, 0.2) is 9.84 Å². The number of carbonyl (C=O) groups excluding carboxylic acids is 2. The van der Waals surface area contributed by atoms with Crippen molar-refractivity contribution in [2.75, 3.05) is 11.6 Å². The van der Waals surface area contributed by atoms with Crippen LogP contribution in [0.4, 0.5) is 5.69 Å². The third-order valence-corrected chi connectivity index (χ3v) is 6.02. The summed E-state index contributed by atoms with van der Waals surface area (Å²) in [6.07, 6.45) is 2.95. The third kappa shape index (κ3) is 4.91. The second kappa shape index (κ2) is 7.93. The Hall–Kier alpha value is -2.38. The van der Waals surface area contributed by atoms with E-state index in [1.165, 1.54) is 18.2 Å². The molecule has 1 saturated carbocycles. The fraction of sp³-hybridized carbons (Fsp3) is 0.300. The lowest BCUT2D eigenvalue weighted by atomic mass is 10.1. The van der Waals surface area contributed by atoms with Gasteiger partial charge < -0.3 is 10.6 Å². The topological polar surface area (TPSA) is 92.3 Å². The average molecular weight is 421 g/mol. The maximum absolute atomic E-state index is 12.6. The van der Waals surface area contributed by atoms with Gasteiger partial charge in [0.2, 0.25) is 5.91 Å². The van der Waals surface area contributed by atoms with Gasteiger partial charge in [0.1, 0.15) is 0 Å². The number of hydrogen-bond donors (Lipinski definition) is 2. The van der Waals surface area contributed by atoms with E-state index in [0.29, 0.717) is 5.69 Å². The summed E-state index contributed by atoms with van der Waals surface area (Å²) >= 11 is 6.07. The molecule has 148 valence electrons. The normalized spacial score (nSPS) is 15.0. The molecule has 2 N–H and O–H groups in total. The molecular formula is C20H21ClN2O4S. The molecule has 0 bridgehead atoms. The largest absolute Gasteiger partial charge is 0.345 e. The smallest absolute Gasteiger partial charge is 0.253 e. The van der Waals surface area contributed by atoms with Crippen molar-refractivity contribution in [2.24, 2.45) is 5.92 Å². The number of sulfone groups is 1. The fourth-order valence-corrected chi connectivity index (χ4v) is 3.56. The van der Waals surface area contributed by atoms with Crippen molar-refractivity contribution in [3.63, 3.8) is 0 Å². The van der Waals surface area contributed by atoms with Crippen LogP contribution in [-0.4, -0.2) is 26.5 Å². The van der Waals surface area contributed by atoms with Crippen LogP contribution in [0.15, 0.2) is 47.4 Å². The standard InChI is InChI=1S/C20H21ClN2O4S/c1-12(13-5-7-15(8-6-13)23-19(24)14-3-4-14)22-20(25)17-11-16(28(2,26)27)9-10-18(17)21/h5-12,14H,3-4H2,1-2H3,(H,22,25)(H,23,24). The summed E-state index contributed by atoms with van der Waals surface area (Å²) in [5, 5.41) is 5.85. The Labute approximate surface area is 169 Å². The van der Waals surface area contributed by atoms with E-state index in [-0.39, 0.29) is 33.3 Å². The zero-order valence-electron chi connectivity index (χ0n) is 15.5. The van der Waals surface area contributed by atoms with Gasteiger partial charge in [0.25, 0.3) is 5.91 Å². The zero-order chi connectivity index (χ0) is 20.5. The predicted octanol–water partition coefficient (Wildman–Crippen LogP) is 3.58. The summed E-state index contributed by atoms with van der Waals surface area (Å²) in [4.78, 5) is 24.4. The molecule has 0 radical (unpaired) electrons. The molecule has 2 amide bonds. The fourth-order valence-electron chi connectivity index (χ4n) is 2.71. The van der Waals surface area contributed by atoms with Crippen molar-refractivity contribution in [3.8, 4) is 0 Å². The van der Waals surface area contributed by atoms with Gasteiger partial charge in [-0.05, 0) is 55.7 Å². The Kier molecular flexibility index (Phi) is 5.76. The Balaban J connectivity index is 1.69. The molecule has 1 unspecified atom stereocenters. The molecule has 0 aliphatic heterocycles. The molecule has 1 fully saturated rings. The second-order valence-electron chi connectivity index (χ2n) is 6.99. The van der Waals surface area contributed by atoms with Crippen LogP contribution in [0.3, 0.4) is 0 Å². The molecule has 1 aliphatic rings. The number of hydrogen-bond acceptors (Lipinski definition) is 4. The van der Waals surface area contributed by atoms with Crippen LogP contribution >= 0.6 is 11.6 Å². The van der Waals surface area contributed by atoms with E-state index >= 15 is 0 Å². The van der Waals surface area contributed by atoms with Crippen molar-refractivity contribution >= 4 is 38.9 Å². The molecule has 1 aliphatic carbocycles. The van der Waals surface area contributed by atoms with Crippen molar-refractivity contribution in [1.82, 2.24) is 5.32 Å². The molecule has 0 spiro atoms. The van der Waals surface area contributed by atoms with Crippen molar-refractivity contribution in [1.29, 1.82) is 0 Å². The molecule has 2 aromatic rings. The van der Waals surface area contributed by atoms with E-state index in [4.69, 9.17) is 11.6 Å². The first-order valence-electron chi connectivity index (χ1n) is 8.86. The minimum Gasteiger partial charge on any atom is -0.345 e. The number of rotatable bonds is 6. The molecule has 8 heteroatoms. The van der Waals surface area contributed by atoms with Crippen LogP contribution in [0.25, 0.3) is 0 Å². The molecule has 0 saturated heterocycles. The van der Waals surface area contributed by atoms with Crippen LogP contribution in [0.2, 0.25) is 5.02 Å². The summed E-state index contributed by atoms with van der Waals surface area (Å²) < 4.78 is 23.4. The van der Waals surface area contributed by atoms with Crippen LogP contribution < -0.4 is 10.6 Å². The van der Waals surface area contributed by atoms with Gasteiger partial charge in [0.05, 0.1) is 21.5 Å². The average Bonchev–Trinajstić information content (AvgIpc) is 3.46. The Morgan fingerprint density at radius 3 is 2.32 bits per heavy atom. The number of benzene rings is 2. The van der Waals surface area contributed by atoms with Gasteiger partial charge in [-0.25, -0.2) is 8.42 Å².